The van der Waals surface area contributed by atoms with Crippen molar-refractivity contribution in [3.8, 4) is 5.75 Å². The third-order valence-electron chi connectivity index (χ3n) is 4.92. The van der Waals surface area contributed by atoms with Crippen molar-refractivity contribution in [3.63, 3.8) is 0 Å². The first-order valence-corrected chi connectivity index (χ1v) is 10.0. The number of halogens is 2. The molecule has 1 aromatic heterocycles. The van der Waals surface area contributed by atoms with Crippen LogP contribution in [0.1, 0.15) is 41.9 Å². The van der Waals surface area contributed by atoms with Crippen molar-refractivity contribution < 1.29 is 19.4 Å². The Kier molecular flexibility index (Phi) is 6.20. The highest BCUT2D eigenvalue weighted by Gasteiger charge is 2.23. The lowest BCUT2D eigenvalue weighted by atomic mass is 10.1. The smallest absolute Gasteiger partial charge is 0.310 e. The Morgan fingerprint density at radius 3 is 2.52 bits per heavy atom. The fourth-order valence-electron chi connectivity index (χ4n) is 3.21. The quantitative estimate of drug-likeness (QED) is 0.536. The molecule has 29 heavy (non-hydrogen) atoms. The number of hydrogen-bond donors (Lipinski definition) is 1. The van der Waals surface area contributed by atoms with Crippen molar-refractivity contribution >= 4 is 46.0 Å². The van der Waals surface area contributed by atoms with E-state index in [4.69, 9.17) is 27.9 Å². The van der Waals surface area contributed by atoms with Gasteiger partial charge in [0.05, 0.1) is 28.1 Å². The predicted molar refractivity (Wildman–Crippen MR) is 114 cm³/mol. The molecule has 3 aromatic rings. The maximum atomic E-state index is 13.2. The Balaban J connectivity index is 2.10. The zero-order valence-corrected chi connectivity index (χ0v) is 17.8. The van der Waals surface area contributed by atoms with Crippen LogP contribution in [-0.4, -0.2) is 27.7 Å². The number of phenols is 1. The minimum absolute atomic E-state index is 0.00220. The number of ether oxygens (including phenoxy) is 1. The van der Waals surface area contributed by atoms with E-state index in [0.717, 1.165) is 0 Å². The van der Waals surface area contributed by atoms with E-state index in [-0.39, 0.29) is 35.2 Å². The summed E-state index contributed by atoms with van der Waals surface area (Å²) in [6.07, 6.45) is 0.517. The van der Waals surface area contributed by atoms with Gasteiger partial charge in [-0.05, 0) is 62.2 Å². The lowest BCUT2D eigenvalue weighted by molar-refractivity contribution is -0.147. The molecule has 0 aliphatic rings. The van der Waals surface area contributed by atoms with Gasteiger partial charge in [0.2, 0.25) is 0 Å². The molecule has 0 fully saturated rings. The summed E-state index contributed by atoms with van der Waals surface area (Å²) < 4.78 is 6.91. The first-order valence-electron chi connectivity index (χ1n) is 9.25. The number of phenolic OH excluding ortho intramolecular Hbond substituents is 1. The molecule has 152 valence electrons. The Morgan fingerprint density at radius 2 is 1.86 bits per heavy atom. The average molecular weight is 434 g/mol. The van der Waals surface area contributed by atoms with Crippen molar-refractivity contribution in [3.05, 3.63) is 63.3 Å². The molecule has 3 rings (SSSR count). The van der Waals surface area contributed by atoms with E-state index in [1.165, 1.54) is 16.7 Å². The second-order valence-electron chi connectivity index (χ2n) is 6.92. The van der Waals surface area contributed by atoms with Gasteiger partial charge in [-0.3, -0.25) is 14.2 Å². The Bertz CT molecular complexity index is 1100. The third kappa shape index (κ3) is 4.26. The van der Waals surface area contributed by atoms with Crippen LogP contribution in [0.3, 0.4) is 0 Å². The molecule has 0 saturated carbocycles. The van der Waals surface area contributed by atoms with Crippen LogP contribution in [0.5, 0.6) is 5.75 Å². The highest BCUT2D eigenvalue weighted by Crippen LogP contribution is 2.31. The van der Waals surface area contributed by atoms with Crippen molar-refractivity contribution in [2.45, 2.75) is 39.7 Å². The van der Waals surface area contributed by atoms with E-state index in [1.807, 2.05) is 13.8 Å². The minimum atomic E-state index is -0.383. The van der Waals surface area contributed by atoms with Crippen LogP contribution >= 0.6 is 23.2 Å². The van der Waals surface area contributed by atoms with Crippen LogP contribution in [0, 0.1) is 6.92 Å². The number of carbonyl (C=O) groups excluding carboxylic acids is 2. The van der Waals surface area contributed by atoms with Crippen LogP contribution < -0.4 is 0 Å². The van der Waals surface area contributed by atoms with E-state index < -0.39 is 0 Å². The van der Waals surface area contributed by atoms with Gasteiger partial charge in [-0.15, -0.1) is 0 Å². The number of nitrogens with zero attached hydrogens (tertiary/aromatic N) is 1. The standard InChI is InChI=1S/C22H21Cl2NO4/c1-4-12(2)29-21(27)11-16-13(3)25(20-8-6-15(26)10-17(16)20)22(28)14-5-7-18(23)19(24)9-14/h5-10,12,26H,4,11H2,1-3H3/t12-/m1/s1. The molecule has 5 nitrogen and oxygen atoms in total. The number of aromatic hydroxyl groups is 1. The molecule has 1 atom stereocenters. The monoisotopic (exact) mass is 433 g/mol. The van der Waals surface area contributed by atoms with Gasteiger partial charge in [-0.1, -0.05) is 30.1 Å². The molecule has 7 heteroatoms. The number of benzene rings is 2. The summed E-state index contributed by atoms with van der Waals surface area (Å²) in [5.41, 5.74) is 2.18. The third-order valence-corrected chi connectivity index (χ3v) is 5.66. The molecular formula is C22H21Cl2NO4. The van der Waals surface area contributed by atoms with Crippen LogP contribution in [0.2, 0.25) is 10.0 Å². The van der Waals surface area contributed by atoms with E-state index in [0.29, 0.717) is 39.2 Å². The lowest BCUT2D eigenvalue weighted by Crippen LogP contribution is -2.17. The van der Waals surface area contributed by atoms with Crippen LogP contribution in [0.4, 0.5) is 0 Å². The van der Waals surface area contributed by atoms with Crippen molar-refractivity contribution in [2.75, 3.05) is 0 Å². The van der Waals surface area contributed by atoms with Crippen LogP contribution in [-0.2, 0) is 16.0 Å². The zero-order chi connectivity index (χ0) is 21.3. The number of hydrogen-bond acceptors (Lipinski definition) is 4. The molecule has 2 aromatic carbocycles. The van der Waals surface area contributed by atoms with Gasteiger partial charge in [-0.2, -0.15) is 0 Å². The van der Waals surface area contributed by atoms with Crippen LogP contribution in [0.25, 0.3) is 10.9 Å². The van der Waals surface area contributed by atoms with Gasteiger partial charge in [-0.25, -0.2) is 0 Å². The highest BCUT2D eigenvalue weighted by atomic mass is 35.5. The normalized spacial score (nSPS) is 12.2. The van der Waals surface area contributed by atoms with Gasteiger partial charge in [0.1, 0.15) is 5.75 Å². The molecule has 0 saturated heterocycles. The molecule has 0 aliphatic heterocycles. The molecule has 0 bridgehead atoms. The van der Waals surface area contributed by atoms with Crippen molar-refractivity contribution in [1.29, 1.82) is 0 Å². The van der Waals surface area contributed by atoms with E-state index in [9.17, 15) is 14.7 Å². The summed E-state index contributed by atoms with van der Waals surface area (Å²) in [4.78, 5) is 25.6. The Morgan fingerprint density at radius 1 is 1.14 bits per heavy atom. The summed E-state index contributed by atoms with van der Waals surface area (Å²) in [5, 5.41) is 11.2. The molecule has 0 amide bonds. The van der Waals surface area contributed by atoms with Gasteiger partial charge >= 0.3 is 5.97 Å². The molecule has 0 radical (unpaired) electrons. The summed E-state index contributed by atoms with van der Waals surface area (Å²) in [5.74, 6) is -0.640. The van der Waals surface area contributed by atoms with Crippen molar-refractivity contribution in [2.24, 2.45) is 0 Å². The van der Waals surface area contributed by atoms with E-state index in [1.54, 1.807) is 31.2 Å². The Labute approximate surface area is 178 Å². The summed E-state index contributed by atoms with van der Waals surface area (Å²) in [6.45, 7) is 5.52. The highest BCUT2D eigenvalue weighted by molar-refractivity contribution is 6.42. The maximum absolute atomic E-state index is 13.2. The number of rotatable bonds is 5. The number of carbonyl (C=O) groups is 2. The molecule has 0 spiro atoms. The molecule has 1 N–H and O–H groups in total. The number of fused-ring (bicyclic) bond motifs is 1. The first-order chi connectivity index (χ1) is 13.7. The van der Waals surface area contributed by atoms with E-state index in [2.05, 4.69) is 0 Å². The fraction of sp³-hybridized carbons (Fsp3) is 0.273. The molecule has 1 heterocycles. The van der Waals surface area contributed by atoms with Gasteiger partial charge in [0, 0.05) is 16.6 Å². The number of esters is 1. The molecule has 0 unspecified atom stereocenters. The number of aromatic nitrogens is 1. The van der Waals surface area contributed by atoms with Gasteiger partial charge in [0.15, 0.2) is 0 Å². The topological polar surface area (TPSA) is 68.5 Å². The zero-order valence-electron chi connectivity index (χ0n) is 16.3. The largest absolute Gasteiger partial charge is 0.508 e. The maximum Gasteiger partial charge on any atom is 0.310 e. The lowest BCUT2D eigenvalue weighted by Gasteiger charge is -2.11. The van der Waals surface area contributed by atoms with Crippen molar-refractivity contribution in [1.82, 2.24) is 4.57 Å². The van der Waals surface area contributed by atoms with Crippen LogP contribution in [0.15, 0.2) is 36.4 Å². The summed E-state index contributed by atoms with van der Waals surface area (Å²) >= 11 is 12.0. The predicted octanol–water partition coefficient (Wildman–Crippen LogP) is 5.53. The molecular weight excluding hydrogens is 413 g/mol. The fourth-order valence-corrected chi connectivity index (χ4v) is 3.51. The van der Waals surface area contributed by atoms with E-state index >= 15 is 0 Å². The second-order valence-corrected chi connectivity index (χ2v) is 7.73. The molecule has 0 aliphatic carbocycles. The SMILES string of the molecule is CC[C@@H](C)OC(=O)Cc1c(C)n(C(=O)c2ccc(Cl)c(Cl)c2)c2ccc(O)cc12. The van der Waals surface area contributed by atoms with Gasteiger partial charge < -0.3 is 9.84 Å². The average Bonchev–Trinajstić information content (AvgIpc) is 2.94. The Hall–Kier alpha value is -2.50. The summed E-state index contributed by atoms with van der Waals surface area (Å²) in [7, 11) is 0. The first kappa shape index (κ1) is 21.2. The second kappa shape index (κ2) is 8.47. The minimum Gasteiger partial charge on any atom is -0.508 e. The van der Waals surface area contributed by atoms with Gasteiger partial charge in [0.25, 0.3) is 5.91 Å². The summed E-state index contributed by atoms with van der Waals surface area (Å²) in [6, 6.07) is 9.37.